The van der Waals surface area contributed by atoms with Crippen LogP contribution in [0.5, 0.6) is 5.75 Å². The number of nitrogens with zero attached hydrogens (tertiary/aromatic N) is 2. The highest BCUT2D eigenvalue weighted by molar-refractivity contribution is 9.10. The molecule has 0 spiro atoms. The number of hydrogen-bond acceptors (Lipinski definition) is 4. The largest absolute Gasteiger partial charge is 0.508 e. The van der Waals surface area contributed by atoms with Gasteiger partial charge in [-0.15, -0.1) is 0 Å². The molecule has 1 aliphatic carbocycles. The summed E-state index contributed by atoms with van der Waals surface area (Å²) in [5.74, 6) is 1.75. The summed E-state index contributed by atoms with van der Waals surface area (Å²) in [5, 5.41) is 9.95. The van der Waals surface area contributed by atoms with E-state index in [-0.39, 0.29) is 5.91 Å². The SMILES string of the molecule is CC.CC(=O)N1CCC(=C2c3ccc(O)cc3CCc3cc(Br)cnc32)CC1.CCCSC. The van der Waals surface area contributed by atoms with Crippen molar-refractivity contribution in [3.05, 3.63) is 62.9 Å². The molecule has 0 radical (unpaired) electrons. The first kappa shape index (κ1) is 27.5. The number of amides is 1. The van der Waals surface area contributed by atoms with Gasteiger partial charge >= 0.3 is 0 Å². The van der Waals surface area contributed by atoms with Crippen LogP contribution in [0.3, 0.4) is 0 Å². The van der Waals surface area contributed by atoms with E-state index < -0.39 is 0 Å². The molecule has 0 bridgehead atoms. The van der Waals surface area contributed by atoms with Crippen LogP contribution in [0.15, 0.2) is 40.5 Å². The molecule has 180 valence electrons. The van der Waals surface area contributed by atoms with Crippen LogP contribution in [0.1, 0.15) is 69.3 Å². The highest BCUT2D eigenvalue weighted by atomic mass is 79.9. The molecule has 1 aromatic heterocycles. The van der Waals surface area contributed by atoms with E-state index in [1.807, 2.05) is 48.8 Å². The lowest BCUT2D eigenvalue weighted by Crippen LogP contribution is -2.34. The van der Waals surface area contributed by atoms with Gasteiger partial charge in [-0.2, -0.15) is 11.8 Å². The molecule has 2 heterocycles. The molecule has 2 aromatic rings. The molecular formula is C27H37BrN2O2S. The Morgan fingerprint density at radius 1 is 1.12 bits per heavy atom. The summed E-state index contributed by atoms with van der Waals surface area (Å²) in [4.78, 5) is 18.3. The van der Waals surface area contributed by atoms with Crippen LogP contribution in [0.2, 0.25) is 0 Å². The number of rotatable bonds is 2. The number of hydrogen-bond donors (Lipinski definition) is 1. The summed E-state index contributed by atoms with van der Waals surface area (Å²) >= 11 is 5.44. The van der Waals surface area contributed by atoms with E-state index in [9.17, 15) is 9.90 Å². The number of aromatic hydroxyl groups is 1. The first-order chi connectivity index (χ1) is 15.9. The summed E-state index contributed by atoms with van der Waals surface area (Å²) < 4.78 is 0.987. The van der Waals surface area contributed by atoms with Crippen molar-refractivity contribution in [1.82, 2.24) is 9.88 Å². The predicted octanol–water partition coefficient (Wildman–Crippen LogP) is 6.88. The van der Waals surface area contributed by atoms with Gasteiger partial charge in [0.1, 0.15) is 5.75 Å². The molecule has 1 saturated heterocycles. The van der Waals surface area contributed by atoms with Crippen LogP contribution >= 0.6 is 27.7 Å². The third-order valence-corrected chi connectivity index (χ3v) is 7.02. The number of pyridine rings is 1. The summed E-state index contributed by atoms with van der Waals surface area (Å²) in [6.45, 7) is 9.34. The lowest BCUT2D eigenvalue weighted by molar-refractivity contribution is -0.129. The lowest BCUT2D eigenvalue weighted by Gasteiger charge is -2.29. The van der Waals surface area contributed by atoms with Gasteiger partial charge in [-0.1, -0.05) is 32.4 Å². The van der Waals surface area contributed by atoms with Crippen LogP contribution in [0.25, 0.3) is 5.57 Å². The van der Waals surface area contributed by atoms with E-state index in [1.54, 1.807) is 13.0 Å². The topological polar surface area (TPSA) is 53.4 Å². The molecule has 1 N–H and O–H groups in total. The molecule has 1 fully saturated rings. The zero-order chi connectivity index (χ0) is 24.4. The molecule has 4 rings (SSSR count). The van der Waals surface area contributed by atoms with Gasteiger partial charge in [0.15, 0.2) is 0 Å². The van der Waals surface area contributed by atoms with Crippen LogP contribution in [0, 0.1) is 0 Å². The molecule has 0 unspecified atom stereocenters. The minimum atomic E-state index is 0.141. The standard InChI is InChI=1S/C21H21BrN2O2.C4H10S.C2H6/c1-13(25)24-8-6-14(7-9-24)20-19-5-4-18(26)11-15(19)2-3-16-10-17(22)12-23-21(16)20;1-3-4-5-2;1-2/h4-5,10-12,26H,2-3,6-9H2,1H3;3-4H2,1-2H3;1-2H3. The second kappa shape index (κ2) is 13.8. The van der Waals surface area contributed by atoms with Crippen molar-refractivity contribution >= 4 is 39.2 Å². The summed E-state index contributed by atoms with van der Waals surface area (Å²) in [6, 6.07) is 7.80. The number of piperidine rings is 1. The van der Waals surface area contributed by atoms with Gasteiger partial charge in [0.05, 0.1) is 5.69 Å². The molecule has 0 atom stereocenters. The smallest absolute Gasteiger partial charge is 0.219 e. The van der Waals surface area contributed by atoms with E-state index in [0.29, 0.717) is 5.75 Å². The number of likely N-dealkylation sites (tertiary alicyclic amines) is 1. The Bertz CT molecular complexity index is 907. The fourth-order valence-electron chi connectivity index (χ4n) is 4.23. The van der Waals surface area contributed by atoms with Crippen molar-refractivity contribution in [2.24, 2.45) is 0 Å². The quantitative estimate of drug-likeness (QED) is 0.457. The van der Waals surface area contributed by atoms with Gasteiger partial charge in [0, 0.05) is 36.3 Å². The van der Waals surface area contributed by atoms with E-state index >= 15 is 0 Å². The number of halogens is 1. The van der Waals surface area contributed by atoms with E-state index in [2.05, 4.69) is 35.2 Å². The number of aromatic nitrogens is 1. The zero-order valence-corrected chi connectivity index (χ0v) is 23.0. The van der Waals surface area contributed by atoms with Crippen molar-refractivity contribution in [1.29, 1.82) is 0 Å². The van der Waals surface area contributed by atoms with E-state index in [4.69, 9.17) is 4.98 Å². The minimum Gasteiger partial charge on any atom is -0.508 e. The van der Waals surface area contributed by atoms with Crippen molar-refractivity contribution in [2.75, 3.05) is 25.1 Å². The third-order valence-electron chi connectivity index (χ3n) is 5.77. The molecule has 33 heavy (non-hydrogen) atoms. The monoisotopic (exact) mass is 532 g/mol. The molecule has 1 aliphatic heterocycles. The average molecular weight is 534 g/mol. The normalized spacial score (nSPS) is 14.7. The maximum atomic E-state index is 11.7. The number of carbonyl (C=O) groups excluding carboxylic acids is 1. The maximum Gasteiger partial charge on any atom is 0.219 e. The molecular weight excluding hydrogens is 496 g/mol. The number of benzene rings is 1. The molecule has 2 aliphatic rings. The Labute approximate surface area is 212 Å². The number of phenolic OH excluding ortho intramolecular Hbond substituents is 1. The Balaban J connectivity index is 0.000000489. The molecule has 0 saturated carbocycles. The highest BCUT2D eigenvalue weighted by Crippen LogP contribution is 2.39. The predicted molar refractivity (Wildman–Crippen MR) is 145 cm³/mol. The summed E-state index contributed by atoms with van der Waals surface area (Å²) in [6.07, 6.45) is 8.80. The second-order valence-electron chi connectivity index (χ2n) is 7.98. The van der Waals surface area contributed by atoms with Gasteiger partial charge < -0.3 is 10.0 Å². The Morgan fingerprint density at radius 2 is 1.79 bits per heavy atom. The molecule has 4 nitrogen and oxygen atoms in total. The number of fused-ring (bicyclic) bond motifs is 2. The Hall–Kier alpha value is -1.79. The van der Waals surface area contributed by atoms with Crippen LogP contribution in [-0.2, 0) is 17.6 Å². The van der Waals surface area contributed by atoms with Gasteiger partial charge in [0.25, 0.3) is 0 Å². The fraction of sp³-hybridized carbons (Fsp3) is 0.481. The maximum absolute atomic E-state index is 11.7. The zero-order valence-electron chi connectivity index (χ0n) is 20.6. The van der Waals surface area contributed by atoms with Crippen molar-refractivity contribution in [2.45, 2.75) is 59.8 Å². The number of aryl methyl sites for hydroxylation is 2. The van der Waals surface area contributed by atoms with E-state index in [1.165, 1.54) is 34.4 Å². The van der Waals surface area contributed by atoms with Gasteiger partial charge in [0.2, 0.25) is 5.91 Å². The van der Waals surface area contributed by atoms with Crippen molar-refractivity contribution in [3.63, 3.8) is 0 Å². The minimum absolute atomic E-state index is 0.141. The average Bonchev–Trinajstić information content (AvgIpc) is 2.97. The molecule has 6 heteroatoms. The number of carbonyl (C=O) groups is 1. The van der Waals surface area contributed by atoms with Crippen LogP contribution in [-0.4, -0.2) is 46.0 Å². The third kappa shape index (κ3) is 7.35. The Morgan fingerprint density at radius 3 is 2.36 bits per heavy atom. The highest BCUT2D eigenvalue weighted by Gasteiger charge is 2.26. The molecule has 1 amide bonds. The first-order valence-electron chi connectivity index (χ1n) is 11.9. The van der Waals surface area contributed by atoms with E-state index in [0.717, 1.165) is 54.5 Å². The van der Waals surface area contributed by atoms with Gasteiger partial charge in [-0.05, 0) is 94.9 Å². The van der Waals surface area contributed by atoms with Crippen molar-refractivity contribution < 1.29 is 9.90 Å². The lowest BCUT2D eigenvalue weighted by atomic mass is 9.88. The fourth-order valence-corrected chi connectivity index (χ4v) is 5.02. The Kier molecular flexibility index (Phi) is 11.5. The van der Waals surface area contributed by atoms with Gasteiger partial charge in [-0.25, -0.2) is 0 Å². The van der Waals surface area contributed by atoms with Crippen LogP contribution < -0.4 is 0 Å². The van der Waals surface area contributed by atoms with Gasteiger partial charge in [-0.3, -0.25) is 9.78 Å². The summed E-state index contributed by atoms with van der Waals surface area (Å²) in [7, 11) is 0. The molecule has 1 aromatic carbocycles. The number of thioether (sulfide) groups is 1. The van der Waals surface area contributed by atoms with Crippen LogP contribution in [0.4, 0.5) is 0 Å². The van der Waals surface area contributed by atoms with Crippen molar-refractivity contribution in [3.8, 4) is 5.75 Å². The summed E-state index contributed by atoms with van der Waals surface area (Å²) in [5.41, 5.74) is 7.16. The second-order valence-corrected chi connectivity index (χ2v) is 9.88. The first-order valence-corrected chi connectivity index (χ1v) is 14.1. The number of phenols is 1.